The van der Waals surface area contributed by atoms with E-state index in [2.05, 4.69) is 4.98 Å². The maximum atomic E-state index is 13.2. The van der Waals surface area contributed by atoms with E-state index < -0.39 is 26.7 Å². The molecular formula is C17H18F3N3O2S. The van der Waals surface area contributed by atoms with Crippen LogP contribution in [0.1, 0.15) is 11.3 Å². The number of rotatable bonds is 4. The third kappa shape index (κ3) is 4.05. The summed E-state index contributed by atoms with van der Waals surface area (Å²) in [5.74, 6) is 0. The average Bonchev–Trinajstić information content (AvgIpc) is 2.62. The van der Waals surface area contributed by atoms with Crippen LogP contribution in [0.4, 0.5) is 13.2 Å². The molecule has 0 aliphatic carbocycles. The first-order valence-electron chi connectivity index (χ1n) is 8.07. The molecule has 9 heteroatoms. The summed E-state index contributed by atoms with van der Waals surface area (Å²) in [6.45, 7) is 1.73. The smallest absolute Gasteiger partial charge is 0.295 e. The fourth-order valence-corrected chi connectivity index (χ4v) is 4.55. The van der Waals surface area contributed by atoms with Gasteiger partial charge in [-0.05, 0) is 24.3 Å². The molecule has 0 radical (unpaired) electrons. The number of piperazine rings is 1. The lowest BCUT2D eigenvalue weighted by Crippen LogP contribution is -2.48. The van der Waals surface area contributed by atoms with Crippen molar-refractivity contribution < 1.29 is 21.6 Å². The predicted molar refractivity (Wildman–Crippen MR) is 89.7 cm³/mol. The van der Waals surface area contributed by atoms with Crippen LogP contribution in [0.2, 0.25) is 0 Å². The highest BCUT2D eigenvalue weighted by Gasteiger charge is 2.39. The molecule has 26 heavy (non-hydrogen) atoms. The second-order valence-corrected chi connectivity index (χ2v) is 7.90. The summed E-state index contributed by atoms with van der Waals surface area (Å²) in [4.78, 5) is 5.57. The van der Waals surface area contributed by atoms with Crippen LogP contribution >= 0.6 is 0 Å². The van der Waals surface area contributed by atoms with Gasteiger partial charge in [0.05, 0.1) is 16.2 Å². The number of nitrogens with zero attached hydrogens (tertiary/aromatic N) is 3. The maximum absolute atomic E-state index is 13.2. The van der Waals surface area contributed by atoms with Gasteiger partial charge in [0.2, 0.25) is 10.0 Å². The zero-order valence-corrected chi connectivity index (χ0v) is 14.7. The van der Waals surface area contributed by atoms with Crippen molar-refractivity contribution in [1.29, 1.82) is 0 Å². The Bertz CT molecular complexity index is 849. The highest BCUT2D eigenvalue weighted by Crippen LogP contribution is 2.35. The molecule has 0 bridgehead atoms. The average molecular weight is 385 g/mol. The van der Waals surface area contributed by atoms with Crippen LogP contribution in [0.3, 0.4) is 0 Å². The van der Waals surface area contributed by atoms with Crippen LogP contribution < -0.4 is 0 Å². The Labute approximate surface area is 150 Å². The zero-order valence-electron chi connectivity index (χ0n) is 13.9. The van der Waals surface area contributed by atoms with E-state index in [4.69, 9.17) is 0 Å². The molecular weight excluding hydrogens is 367 g/mol. The monoisotopic (exact) mass is 385 g/mol. The minimum Gasteiger partial charge on any atom is -0.295 e. The van der Waals surface area contributed by atoms with Gasteiger partial charge in [-0.2, -0.15) is 17.5 Å². The molecule has 3 rings (SSSR count). The number of pyridine rings is 1. The van der Waals surface area contributed by atoms with Crippen molar-refractivity contribution in [2.75, 3.05) is 26.2 Å². The van der Waals surface area contributed by atoms with Crippen molar-refractivity contribution in [2.45, 2.75) is 17.6 Å². The summed E-state index contributed by atoms with van der Waals surface area (Å²) < 4.78 is 66.0. The summed E-state index contributed by atoms with van der Waals surface area (Å²) in [6.07, 6.45) is -3.03. The molecule has 1 fully saturated rings. The molecule has 0 amide bonds. The van der Waals surface area contributed by atoms with Crippen molar-refractivity contribution in [3.8, 4) is 0 Å². The van der Waals surface area contributed by atoms with Gasteiger partial charge >= 0.3 is 6.18 Å². The van der Waals surface area contributed by atoms with Crippen LogP contribution in [0.5, 0.6) is 0 Å². The lowest BCUT2D eigenvalue weighted by atomic mass is 10.2. The number of hydrogen-bond donors (Lipinski definition) is 0. The molecule has 1 saturated heterocycles. The highest BCUT2D eigenvalue weighted by molar-refractivity contribution is 7.89. The Hall–Kier alpha value is -1.97. The molecule has 5 nitrogen and oxygen atoms in total. The minimum atomic E-state index is -4.72. The SMILES string of the molecule is O=S(=O)(c1ccccc1C(F)(F)F)N1CCN(Cc2ccccn2)CC1. The third-order valence-corrected chi connectivity index (χ3v) is 6.21. The molecule has 1 aromatic carbocycles. The fraction of sp³-hybridized carbons (Fsp3) is 0.353. The summed E-state index contributed by atoms with van der Waals surface area (Å²) >= 11 is 0. The second-order valence-electron chi connectivity index (χ2n) is 6.00. The molecule has 1 aromatic heterocycles. The largest absolute Gasteiger partial charge is 0.417 e. The summed E-state index contributed by atoms with van der Waals surface area (Å²) in [5, 5.41) is 0. The van der Waals surface area contributed by atoms with Gasteiger partial charge in [0, 0.05) is 38.9 Å². The fourth-order valence-electron chi connectivity index (χ4n) is 2.91. The molecule has 2 aromatic rings. The van der Waals surface area contributed by atoms with E-state index in [1.165, 1.54) is 12.1 Å². The number of benzene rings is 1. The molecule has 0 spiro atoms. The number of alkyl halides is 3. The number of halogens is 3. The van der Waals surface area contributed by atoms with Gasteiger partial charge in [0.25, 0.3) is 0 Å². The van der Waals surface area contributed by atoms with Crippen molar-refractivity contribution in [2.24, 2.45) is 0 Å². The summed E-state index contributed by atoms with van der Waals surface area (Å²) in [6, 6.07) is 9.86. The first kappa shape index (κ1) is 18.8. The van der Waals surface area contributed by atoms with E-state index in [0.717, 1.165) is 22.1 Å². The third-order valence-electron chi connectivity index (χ3n) is 4.25. The summed E-state index contributed by atoms with van der Waals surface area (Å²) in [7, 11) is -4.20. The molecule has 140 valence electrons. The van der Waals surface area contributed by atoms with Crippen molar-refractivity contribution in [3.63, 3.8) is 0 Å². The van der Waals surface area contributed by atoms with Crippen molar-refractivity contribution in [1.82, 2.24) is 14.2 Å². The van der Waals surface area contributed by atoms with Crippen LogP contribution in [0.15, 0.2) is 53.6 Å². The Balaban J connectivity index is 1.73. The van der Waals surface area contributed by atoms with Crippen molar-refractivity contribution in [3.05, 3.63) is 59.9 Å². The molecule has 0 unspecified atom stereocenters. The predicted octanol–water partition coefficient (Wildman–Crippen LogP) is 2.61. The number of aromatic nitrogens is 1. The Morgan fingerprint density at radius 2 is 1.62 bits per heavy atom. The minimum absolute atomic E-state index is 0.140. The van der Waals surface area contributed by atoms with E-state index in [9.17, 15) is 21.6 Å². The molecule has 1 aliphatic heterocycles. The number of sulfonamides is 1. The van der Waals surface area contributed by atoms with Gasteiger partial charge in [-0.15, -0.1) is 0 Å². The van der Waals surface area contributed by atoms with Gasteiger partial charge in [-0.3, -0.25) is 9.88 Å². The normalized spacial score (nSPS) is 17.3. The Morgan fingerprint density at radius 1 is 0.962 bits per heavy atom. The van der Waals surface area contributed by atoms with Crippen LogP contribution in [-0.4, -0.2) is 48.8 Å². The second kappa shape index (κ2) is 7.34. The first-order valence-corrected chi connectivity index (χ1v) is 9.51. The van der Waals surface area contributed by atoms with Gasteiger partial charge in [0.1, 0.15) is 0 Å². The van der Waals surface area contributed by atoms with E-state index in [0.29, 0.717) is 19.6 Å². The quantitative estimate of drug-likeness (QED) is 0.812. The van der Waals surface area contributed by atoms with Crippen molar-refractivity contribution >= 4 is 10.0 Å². The van der Waals surface area contributed by atoms with Gasteiger partial charge in [-0.1, -0.05) is 18.2 Å². The molecule has 0 saturated carbocycles. The van der Waals surface area contributed by atoms with E-state index >= 15 is 0 Å². The van der Waals surface area contributed by atoms with Crippen LogP contribution in [-0.2, 0) is 22.7 Å². The first-order chi connectivity index (χ1) is 12.3. The van der Waals surface area contributed by atoms with Gasteiger partial charge in [0.15, 0.2) is 0 Å². The van der Waals surface area contributed by atoms with Crippen LogP contribution in [0, 0.1) is 0 Å². The van der Waals surface area contributed by atoms with E-state index in [-0.39, 0.29) is 13.1 Å². The molecule has 0 N–H and O–H groups in total. The topological polar surface area (TPSA) is 53.5 Å². The Kier molecular flexibility index (Phi) is 5.31. The molecule has 0 atom stereocenters. The van der Waals surface area contributed by atoms with E-state index in [1.54, 1.807) is 6.20 Å². The highest BCUT2D eigenvalue weighted by atomic mass is 32.2. The molecule has 1 aliphatic rings. The standard InChI is InChI=1S/C17H18F3N3O2S/c18-17(19,20)15-6-1-2-7-16(15)26(24,25)23-11-9-22(10-12-23)13-14-5-3-4-8-21-14/h1-8H,9-13H2. The van der Waals surface area contributed by atoms with E-state index in [1.807, 2.05) is 23.1 Å². The molecule has 2 heterocycles. The number of hydrogen-bond acceptors (Lipinski definition) is 4. The maximum Gasteiger partial charge on any atom is 0.417 e. The van der Waals surface area contributed by atoms with Crippen LogP contribution in [0.25, 0.3) is 0 Å². The van der Waals surface area contributed by atoms with Gasteiger partial charge in [-0.25, -0.2) is 8.42 Å². The zero-order chi connectivity index (χ0) is 18.8. The van der Waals surface area contributed by atoms with Gasteiger partial charge < -0.3 is 0 Å². The lowest BCUT2D eigenvalue weighted by Gasteiger charge is -2.34. The summed E-state index contributed by atoms with van der Waals surface area (Å²) in [5.41, 5.74) is -0.262. The Morgan fingerprint density at radius 3 is 2.23 bits per heavy atom. The lowest BCUT2D eigenvalue weighted by molar-refractivity contribution is -0.139.